The molecule has 2 aromatic rings. The molecule has 0 saturated heterocycles. The number of nitrogen functional groups attached to an aromatic ring is 2. The molecule has 1 heterocycles. The highest BCUT2D eigenvalue weighted by molar-refractivity contribution is 9.10. The van der Waals surface area contributed by atoms with Crippen LogP contribution in [-0.2, 0) is 5.75 Å². The predicted molar refractivity (Wildman–Crippen MR) is 81.5 cm³/mol. The Hall–Kier alpha value is -1.71. The van der Waals surface area contributed by atoms with Crippen LogP contribution in [0.2, 0.25) is 0 Å². The molecule has 0 saturated carbocycles. The highest BCUT2D eigenvalue weighted by Gasteiger charge is 2.10. The van der Waals surface area contributed by atoms with Crippen LogP contribution in [0.25, 0.3) is 0 Å². The van der Waals surface area contributed by atoms with Crippen LogP contribution in [0.5, 0.6) is 0 Å². The van der Waals surface area contributed by atoms with Crippen LogP contribution < -0.4 is 11.5 Å². The van der Waals surface area contributed by atoms with Crippen molar-refractivity contribution in [3.8, 4) is 6.07 Å². The maximum Gasteiger partial charge on any atom is 0.126 e. The van der Waals surface area contributed by atoms with Gasteiger partial charge < -0.3 is 11.5 Å². The number of nitriles is 1. The van der Waals surface area contributed by atoms with Gasteiger partial charge in [-0.05, 0) is 17.7 Å². The molecule has 0 aliphatic rings. The molecule has 96 valence electrons. The van der Waals surface area contributed by atoms with Gasteiger partial charge in [0.2, 0.25) is 0 Å². The van der Waals surface area contributed by atoms with Gasteiger partial charge in [0, 0.05) is 16.3 Å². The molecule has 0 spiro atoms. The Kier molecular flexibility index (Phi) is 4.30. The minimum Gasteiger partial charge on any atom is -0.397 e. The zero-order chi connectivity index (χ0) is 13.8. The standard InChI is InChI=1S/C13H11BrN4S/c14-9-3-1-8(2-4-9)7-19-13-10(6-15)11(16)5-12(17)18-13/h1-5H,7H2,(H4,16,17,18). The number of thioether (sulfide) groups is 1. The summed E-state index contributed by atoms with van der Waals surface area (Å²) >= 11 is 4.84. The Labute approximate surface area is 124 Å². The number of nitrogens with zero attached hydrogens (tertiary/aromatic N) is 2. The first-order valence-electron chi connectivity index (χ1n) is 5.43. The molecule has 0 aliphatic heterocycles. The molecule has 19 heavy (non-hydrogen) atoms. The van der Waals surface area contributed by atoms with Crippen molar-refractivity contribution < 1.29 is 0 Å². The van der Waals surface area contributed by atoms with Gasteiger partial charge in [0.15, 0.2) is 0 Å². The van der Waals surface area contributed by atoms with Gasteiger partial charge in [-0.1, -0.05) is 28.1 Å². The van der Waals surface area contributed by atoms with Crippen molar-refractivity contribution in [3.05, 3.63) is 45.9 Å². The molecule has 0 fully saturated rings. The lowest BCUT2D eigenvalue weighted by atomic mass is 10.2. The molecule has 1 aromatic carbocycles. The second-order valence-corrected chi connectivity index (χ2v) is 5.72. The molecule has 2 rings (SSSR count). The third kappa shape index (κ3) is 3.40. The lowest BCUT2D eigenvalue weighted by Crippen LogP contribution is -2.00. The van der Waals surface area contributed by atoms with E-state index in [9.17, 15) is 0 Å². The zero-order valence-corrected chi connectivity index (χ0v) is 12.3. The third-order valence-electron chi connectivity index (χ3n) is 2.44. The van der Waals surface area contributed by atoms with Crippen LogP contribution in [0.15, 0.2) is 39.8 Å². The SMILES string of the molecule is N#Cc1c(N)cc(N)nc1SCc1ccc(Br)cc1. The number of benzene rings is 1. The monoisotopic (exact) mass is 334 g/mol. The van der Waals surface area contributed by atoms with E-state index in [-0.39, 0.29) is 0 Å². The lowest BCUT2D eigenvalue weighted by Gasteiger charge is -2.07. The maximum absolute atomic E-state index is 9.09. The van der Waals surface area contributed by atoms with E-state index in [4.69, 9.17) is 16.7 Å². The molecule has 4 nitrogen and oxygen atoms in total. The quantitative estimate of drug-likeness (QED) is 0.841. The molecular weight excluding hydrogens is 324 g/mol. The molecule has 4 N–H and O–H groups in total. The average molecular weight is 335 g/mol. The summed E-state index contributed by atoms with van der Waals surface area (Å²) in [4.78, 5) is 4.17. The fourth-order valence-electron chi connectivity index (χ4n) is 1.51. The Bertz CT molecular complexity index is 634. The third-order valence-corrected chi connectivity index (χ3v) is 4.01. The number of halogens is 1. The van der Waals surface area contributed by atoms with E-state index >= 15 is 0 Å². The van der Waals surface area contributed by atoms with Gasteiger partial charge in [-0.25, -0.2) is 4.98 Å². The fourth-order valence-corrected chi connectivity index (χ4v) is 2.75. The summed E-state index contributed by atoms with van der Waals surface area (Å²) in [5, 5.41) is 9.67. The van der Waals surface area contributed by atoms with E-state index < -0.39 is 0 Å². The van der Waals surface area contributed by atoms with Crippen LogP contribution in [0.1, 0.15) is 11.1 Å². The Balaban J connectivity index is 2.20. The smallest absolute Gasteiger partial charge is 0.126 e. The summed E-state index contributed by atoms with van der Waals surface area (Å²) in [6.45, 7) is 0. The van der Waals surface area contributed by atoms with Crippen LogP contribution in [-0.4, -0.2) is 4.98 Å². The Morgan fingerprint density at radius 1 is 1.26 bits per heavy atom. The van der Waals surface area contributed by atoms with E-state index in [0.29, 0.717) is 27.8 Å². The van der Waals surface area contributed by atoms with Gasteiger partial charge in [0.05, 0.1) is 5.69 Å². The molecule has 0 atom stereocenters. The molecule has 0 unspecified atom stereocenters. The highest BCUT2D eigenvalue weighted by Crippen LogP contribution is 2.29. The predicted octanol–water partition coefficient (Wildman–Crippen LogP) is 3.17. The second-order valence-electron chi connectivity index (χ2n) is 3.84. The Morgan fingerprint density at radius 3 is 2.58 bits per heavy atom. The molecule has 0 aliphatic carbocycles. The molecule has 0 amide bonds. The summed E-state index contributed by atoms with van der Waals surface area (Å²) in [5.41, 5.74) is 13.3. The van der Waals surface area contributed by atoms with Gasteiger partial charge in [-0.15, -0.1) is 11.8 Å². The van der Waals surface area contributed by atoms with Crippen LogP contribution >= 0.6 is 27.7 Å². The number of hydrogen-bond acceptors (Lipinski definition) is 5. The van der Waals surface area contributed by atoms with E-state index in [1.165, 1.54) is 17.8 Å². The van der Waals surface area contributed by atoms with Crippen molar-refractivity contribution >= 4 is 39.2 Å². The van der Waals surface area contributed by atoms with Crippen LogP contribution in [0, 0.1) is 11.3 Å². The van der Waals surface area contributed by atoms with E-state index in [1.807, 2.05) is 24.3 Å². The molecular formula is C13H11BrN4S. The van der Waals surface area contributed by atoms with Crippen molar-refractivity contribution in [2.45, 2.75) is 10.8 Å². The van der Waals surface area contributed by atoms with Crippen molar-refractivity contribution in [1.29, 1.82) is 5.26 Å². The summed E-state index contributed by atoms with van der Waals surface area (Å²) in [5.74, 6) is 1.03. The van der Waals surface area contributed by atoms with Gasteiger partial charge >= 0.3 is 0 Å². The molecule has 0 radical (unpaired) electrons. The van der Waals surface area contributed by atoms with Crippen LogP contribution in [0.4, 0.5) is 11.5 Å². The maximum atomic E-state index is 9.09. The second kappa shape index (κ2) is 5.95. The summed E-state index contributed by atoms with van der Waals surface area (Å²) in [7, 11) is 0. The van der Waals surface area contributed by atoms with Gasteiger partial charge in [0.1, 0.15) is 22.5 Å². The molecule has 1 aromatic heterocycles. The topological polar surface area (TPSA) is 88.7 Å². The minimum atomic E-state index is 0.329. The van der Waals surface area contributed by atoms with Gasteiger partial charge in [-0.2, -0.15) is 5.26 Å². The molecule has 6 heteroatoms. The zero-order valence-electron chi connectivity index (χ0n) is 9.93. The summed E-state index contributed by atoms with van der Waals surface area (Å²) in [6, 6.07) is 11.5. The van der Waals surface area contributed by atoms with Crippen molar-refractivity contribution in [2.75, 3.05) is 11.5 Å². The fraction of sp³-hybridized carbons (Fsp3) is 0.0769. The van der Waals surface area contributed by atoms with E-state index in [0.717, 1.165) is 10.0 Å². The van der Waals surface area contributed by atoms with Crippen molar-refractivity contribution in [1.82, 2.24) is 4.98 Å². The minimum absolute atomic E-state index is 0.329. The first kappa shape index (κ1) is 13.7. The summed E-state index contributed by atoms with van der Waals surface area (Å²) in [6.07, 6.45) is 0. The summed E-state index contributed by atoms with van der Waals surface area (Å²) < 4.78 is 1.03. The van der Waals surface area contributed by atoms with Gasteiger partial charge in [-0.3, -0.25) is 0 Å². The Morgan fingerprint density at radius 2 is 1.95 bits per heavy atom. The number of anilines is 2. The van der Waals surface area contributed by atoms with Crippen molar-refractivity contribution in [2.24, 2.45) is 0 Å². The van der Waals surface area contributed by atoms with Crippen LogP contribution in [0.3, 0.4) is 0 Å². The highest BCUT2D eigenvalue weighted by atomic mass is 79.9. The first-order chi connectivity index (χ1) is 9.10. The normalized spacial score (nSPS) is 10.1. The van der Waals surface area contributed by atoms with Crippen molar-refractivity contribution in [3.63, 3.8) is 0 Å². The lowest BCUT2D eigenvalue weighted by molar-refractivity contribution is 1.12. The van der Waals surface area contributed by atoms with E-state index in [1.54, 1.807) is 0 Å². The number of pyridine rings is 1. The number of aromatic nitrogens is 1. The van der Waals surface area contributed by atoms with Gasteiger partial charge in [0.25, 0.3) is 0 Å². The molecule has 0 bridgehead atoms. The largest absolute Gasteiger partial charge is 0.397 e. The number of nitrogens with two attached hydrogens (primary N) is 2. The van der Waals surface area contributed by atoms with E-state index in [2.05, 4.69) is 27.0 Å². The number of rotatable bonds is 3. The number of hydrogen-bond donors (Lipinski definition) is 2. The first-order valence-corrected chi connectivity index (χ1v) is 7.21. The average Bonchev–Trinajstić information content (AvgIpc) is 2.37.